The first-order chi connectivity index (χ1) is 11.2. The Hall–Kier alpha value is -2.21. The maximum Gasteiger partial charge on any atom is 0.228 e. The van der Waals surface area contributed by atoms with E-state index in [-0.39, 0.29) is 17.8 Å². The van der Waals surface area contributed by atoms with E-state index in [1.807, 2.05) is 22.4 Å². The largest absolute Gasteiger partial charge is 0.340 e. The topological polar surface area (TPSA) is 49.0 Å². The van der Waals surface area contributed by atoms with E-state index in [9.17, 15) is 9.18 Å². The molecule has 1 fully saturated rings. The highest BCUT2D eigenvalue weighted by Crippen LogP contribution is 2.32. The Balaban J connectivity index is 1.59. The molecular formula is C17H16FN3OS. The van der Waals surface area contributed by atoms with E-state index >= 15 is 0 Å². The zero-order chi connectivity index (χ0) is 15.8. The van der Waals surface area contributed by atoms with Crippen molar-refractivity contribution < 1.29 is 9.18 Å². The number of halogens is 1. The highest BCUT2D eigenvalue weighted by Gasteiger charge is 2.32. The number of thiophene rings is 1. The van der Waals surface area contributed by atoms with Crippen LogP contribution in [0.2, 0.25) is 0 Å². The fourth-order valence-corrected chi connectivity index (χ4v) is 3.87. The van der Waals surface area contributed by atoms with Gasteiger partial charge in [0.1, 0.15) is 11.6 Å². The number of aromatic amines is 1. The van der Waals surface area contributed by atoms with Crippen LogP contribution in [0.15, 0.2) is 35.7 Å². The molecular weight excluding hydrogens is 313 g/mol. The van der Waals surface area contributed by atoms with Crippen molar-refractivity contribution in [2.24, 2.45) is 0 Å². The fraction of sp³-hybridized carbons (Fsp3) is 0.294. The predicted octanol–water partition coefficient (Wildman–Crippen LogP) is 3.67. The lowest BCUT2D eigenvalue weighted by molar-refractivity contribution is -0.131. The van der Waals surface area contributed by atoms with Gasteiger partial charge in [-0.05, 0) is 42.5 Å². The lowest BCUT2D eigenvalue weighted by Crippen LogP contribution is -2.32. The quantitative estimate of drug-likeness (QED) is 0.797. The number of imidazole rings is 1. The average molecular weight is 329 g/mol. The van der Waals surface area contributed by atoms with Crippen molar-refractivity contribution in [1.29, 1.82) is 0 Å². The highest BCUT2D eigenvalue weighted by atomic mass is 32.1. The lowest BCUT2D eigenvalue weighted by atomic mass is 10.2. The van der Waals surface area contributed by atoms with Crippen LogP contribution in [0.1, 0.15) is 29.6 Å². The second-order valence-corrected chi connectivity index (χ2v) is 6.82. The smallest absolute Gasteiger partial charge is 0.228 e. The molecule has 4 rings (SSSR count). The Bertz CT molecular complexity index is 843. The monoisotopic (exact) mass is 329 g/mol. The van der Waals surface area contributed by atoms with Gasteiger partial charge in [-0.25, -0.2) is 9.37 Å². The second kappa shape index (κ2) is 5.77. The van der Waals surface area contributed by atoms with Gasteiger partial charge in [-0.15, -0.1) is 11.3 Å². The summed E-state index contributed by atoms with van der Waals surface area (Å²) in [5.74, 6) is 0.592. The van der Waals surface area contributed by atoms with Gasteiger partial charge in [-0.3, -0.25) is 4.79 Å². The van der Waals surface area contributed by atoms with Crippen molar-refractivity contribution in [2.45, 2.75) is 25.3 Å². The van der Waals surface area contributed by atoms with Crippen LogP contribution in [-0.2, 0) is 11.2 Å². The molecule has 0 unspecified atom stereocenters. The van der Waals surface area contributed by atoms with Crippen molar-refractivity contribution in [3.63, 3.8) is 0 Å². The van der Waals surface area contributed by atoms with Gasteiger partial charge in [0.25, 0.3) is 0 Å². The number of amides is 1. The molecule has 0 bridgehead atoms. The molecule has 1 atom stereocenters. The third kappa shape index (κ3) is 2.74. The van der Waals surface area contributed by atoms with Crippen molar-refractivity contribution in [3.8, 4) is 0 Å². The molecule has 118 valence electrons. The third-order valence-electron chi connectivity index (χ3n) is 4.26. The minimum atomic E-state index is -0.287. The van der Waals surface area contributed by atoms with Gasteiger partial charge in [0, 0.05) is 11.4 Å². The molecule has 4 nitrogen and oxygen atoms in total. The number of nitrogens with one attached hydrogen (secondary N) is 1. The Labute approximate surface area is 137 Å². The number of carbonyl (C=O) groups excluding carboxylic acids is 1. The first kappa shape index (κ1) is 14.4. The number of rotatable bonds is 3. The van der Waals surface area contributed by atoms with Gasteiger partial charge in [-0.1, -0.05) is 6.07 Å². The summed E-state index contributed by atoms with van der Waals surface area (Å²) < 4.78 is 13.3. The van der Waals surface area contributed by atoms with Crippen LogP contribution in [-0.4, -0.2) is 27.3 Å². The number of aromatic nitrogens is 2. The summed E-state index contributed by atoms with van der Waals surface area (Å²) in [4.78, 5) is 23.3. The van der Waals surface area contributed by atoms with Gasteiger partial charge in [0.2, 0.25) is 5.91 Å². The number of benzene rings is 1. The molecule has 1 saturated heterocycles. The molecule has 0 spiro atoms. The number of fused-ring (bicyclic) bond motifs is 1. The summed E-state index contributed by atoms with van der Waals surface area (Å²) in [7, 11) is 0. The maximum atomic E-state index is 13.3. The summed E-state index contributed by atoms with van der Waals surface area (Å²) in [5, 5.41) is 1.98. The van der Waals surface area contributed by atoms with Crippen LogP contribution >= 0.6 is 11.3 Å². The molecule has 1 amide bonds. The molecule has 1 N–H and O–H groups in total. The van der Waals surface area contributed by atoms with Gasteiger partial charge < -0.3 is 9.88 Å². The van der Waals surface area contributed by atoms with E-state index in [2.05, 4.69) is 9.97 Å². The molecule has 0 aliphatic carbocycles. The van der Waals surface area contributed by atoms with Crippen molar-refractivity contribution in [1.82, 2.24) is 14.9 Å². The number of hydrogen-bond acceptors (Lipinski definition) is 3. The number of H-pyrrole nitrogens is 1. The third-order valence-corrected chi connectivity index (χ3v) is 5.13. The van der Waals surface area contributed by atoms with Crippen molar-refractivity contribution >= 4 is 28.3 Å². The molecule has 23 heavy (non-hydrogen) atoms. The number of likely N-dealkylation sites (tertiary alicyclic amines) is 1. The van der Waals surface area contributed by atoms with E-state index in [1.54, 1.807) is 17.4 Å². The summed E-state index contributed by atoms with van der Waals surface area (Å²) in [5.41, 5.74) is 1.41. The van der Waals surface area contributed by atoms with E-state index in [0.717, 1.165) is 35.6 Å². The molecule has 0 radical (unpaired) electrons. The van der Waals surface area contributed by atoms with Crippen LogP contribution < -0.4 is 0 Å². The summed E-state index contributed by atoms with van der Waals surface area (Å²) in [6, 6.07) is 8.41. The van der Waals surface area contributed by atoms with Crippen LogP contribution in [0.5, 0.6) is 0 Å². The first-order valence-electron chi connectivity index (χ1n) is 7.68. The molecule has 1 aromatic carbocycles. The number of nitrogens with zero attached hydrogens (tertiary/aromatic N) is 2. The summed E-state index contributed by atoms with van der Waals surface area (Å²) in [6.45, 7) is 0.750. The van der Waals surface area contributed by atoms with E-state index in [0.29, 0.717) is 11.9 Å². The van der Waals surface area contributed by atoms with Crippen LogP contribution in [0, 0.1) is 5.82 Å². The van der Waals surface area contributed by atoms with Gasteiger partial charge in [0.15, 0.2) is 0 Å². The Kier molecular flexibility index (Phi) is 3.61. The number of hydrogen-bond donors (Lipinski definition) is 1. The van der Waals surface area contributed by atoms with Crippen LogP contribution in [0.25, 0.3) is 11.0 Å². The first-order valence-corrected chi connectivity index (χ1v) is 8.56. The molecule has 3 aromatic rings. The van der Waals surface area contributed by atoms with Crippen LogP contribution in [0.3, 0.4) is 0 Å². The van der Waals surface area contributed by atoms with Gasteiger partial charge in [-0.2, -0.15) is 0 Å². The Morgan fingerprint density at radius 3 is 3.17 bits per heavy atom. The molecule has 1 aliphatic rings. The second-order valence-electron chi connectivity index (χ2n) is 5.78. The maximum absolute atomic E-state index is 13.3. The molecule has 6 heteroatoms. The van der Waals surface area contributed by atoms with E-state index in [4.69, 9.17) is 0 Å². The van der Waals surface area contributed by atoms with Crippen molar-refractivity contribution in [2.75, 3.05) is 6.54 Å². The molecule has 1 aliphatic heterocycles. The fourth-order valence-electron chi connectivity index (χ4n) is 3.17. The standard InChI is InChI=1S/C17H16FN3OS/c18-11-5-6-13-14(9-11)20-17(19-13)15-4-1-7-21(15)16(22)10-12-3-2-8-23-12/h2-3,5-6,8-9,15H,1,4,7,10H2,(H,19,20)/t15-/m1/s1. The molecule has 0 saturated carbocycles. The summed E-state index contributed by atoms with van der Waals surface area (Å²) >= 11 is 1.60. The zero-order valence-electron chi connectivity index (χ0n) is 12.5. The minimum absolute atomic E-state index is 0.0436. The molecule has 2 aromatic heterocycles. The van der Waals surface area contributed by atoms with Crippen LogP contribution in [0.4, 0.5) is 4.39 Å². The van der Waals surface area contributed by atoms with E-state index in [1.165, 1.54) is 12.1 Å². The van der Waals surface area contributed by atoms with Crippen molar-refractivity contribution in [3.05, 3.63) is 52.2 Å². The average Bonchev–Trinajstić information content (AvgIpc) is 3.26. The van der Waals surface area contributed by atoms with E-state index < -0.39 is 0 Å². The zero-order valence-corrected chi connectivity index (χ0v) is 13.3. The minimum Gasteiger partial charge on any atom is -0.340 e. The predicted molar refractivity (Wildman–Crippen MR) is 87.8 cm³/mol. The normalized spacial score (nSPS) is 18.0. The number of carbonyl (C=O) groups is 1. The molecule has 3 heterocycles. The Morgan fingerprint density at radius 2 is 2.35 bits per heavy atom. The summed E-state index contributed by atoms with van der Waals surface area (Å²) in [6.07, 6.45) is 2.29. The Morgan fingerprint density at radius 1 is 1.43 bits per heavy atom. The SMILES string of the molecule is O=C(Cc1cccs1)N1CCC[C@@H]1c1nc2ccc(F)cc2[nH]1. The van der Waals surface area contributed by atoms with Gasteiger partial charge >= 0.3 is 0 Å². The highest BCUT2D eigenvalue weighted by molar-refractivity contribution is 7.10. The lowest BCUT2D eigenvalue weighted by Gasteiger charge is -2.23. The van der Waals surface area contributed by atoms with Gasteiger partial charge in [0.05, 0.1) is 23.5 Å².